The lowest BCUT2D eigenvalue weighted by Crippen LogP contribution is -2.49. The average molecular weight is 807 g/mol. The van der Waals surface area contributed by atoms with Crippen LogP contribution < -0.4 is 26.4 Å². The minimum atomic E-state index is -0.285. The zero-order valence-electron chi connectivity index (χ0n) is 33.7. The van der Waals surface area contributed by atoms with Gasteiger partial charge in [-0.3, -0.25) is 29.1 Å². The molecule has 16 heteroatoms. The van der Waals surface area contributed by atoms with Crippen LogP contribution >= 0.6 is 11.3 Å². The predicted molar refractivity (Wildman–Crippen MR) is 227 cm³/mol. The van der Waals surface area contributed by atoms with E-state index in [-0.39, 0.29) is 34.8 Å². The molecule has 1 aliphatic carbocycles. The molecule has 0 spiro atoms. The van der Waals surface area contributed by atoms with Crippen LogP contribution in [0.1, 0.15) is 87.5 Å². The number of ether oxygens (including phenoxy) is 1. The van der Waals surface area contributed by atoms with Crippen molar-refractivity contribution in [1.29, 1.82) is 0 Å². The fourth-order valence-electron chi connectivity index (χ4n) is 7.73. The summed E-state index contributed by atoms with van der Waals surface area (Å²) < 4.78 is 7.49. The fraction of sp³-hybridized carbons (Fsp3) is 0.429. The third-order valence-electron chi connectivity index (χ3n) is 11.1. The lowest BCUT2D eigenvalue weighted by Gasteiger charge is -2.36. The second kappa shape index (κ2) is 17.8. The van der Waals surface area contributed by atoms with Gasteiger partial charge in [-0.25, -0.2) is 15.0 Å². The summed E-state index contributed by atoms with van der Waals surface area (Å²) in [6.07, 6.45) is 7.58. The molecule has 58 heavy (non-hydrogen) atoms. The molecule has 15 nitrogen and oxygen atoms in total. The summed E-state index contributed by atoms with van der Waals surface area (Å²) in [5.74, 6) is 0.492. The molecule has 1 saturated carbocycles. The molecule has 2 fully saturated rings. The summed E-state index contributed by atoms with van der Waals surface area (Å²) in [6, 6.07) is 9.41. The van der Waals surface area contributed by atoms with Crippen molar-refractivity contribution in [3.63, 3.8) is 0 Å². The molecule has 0 radical (unpaired) electrons. The maximum Gasteiger partial charge on any atom is 0.263 e. The molecule has 5 aromatic rings. The van der Waals surface area contributed by atoms with Crippen molar-refractivity contribution in [1.82, 2.24) is 29.4 Å². The van der Waals surface area contributed by atoms with Crippen LogP contribution in [0.4, 0.5) is 28.3 Å². The van der Waals surface area contributed by atoms with Crippen LogP contribution in [0.3, 0.4) is 0 Å². The molecule has 1 aliphatic heterocycles. The van der Waals surface area contributed by atoms with Crippen molar-refractivity contribution >= 4 is 68.2 Å². The maximum atomic E-state index is 13.5. The minimum Gasteiger partial charge on any atom is -0.382 e. The van der Waals surface area contributed by atoms with Gasteiger partial charge in [0.1, 0.15) is 11.5 Å². The number of thiazole rings is 1. The van der Waals surface area contributed by atoms with Gasteiger partial charge >= 0.3 is 0 Å². The summed E-state index contributed by atoms with van der Waals surface area (Å²) in [5.41, 5.74) is 5.18. The lowest BCUT2D eigenvalue weighted by molar-refractivity contribution is -0.132. The van der Waals surface area contributed by atoms with E-state index in [1.165, 1.54) is 18.3 Å². The number of aryl methyl sites for hydroxylation is 3. The Hall–Kier alpha value is -5.74. The molecule has 5 heterocycles. The highest BCUT2D eigenvalue weighted by atomic mass is 32.1. The van der Waals surface area contributed by atoms with Crippen molar-refractivity contribution in [3.8, 4) is 0 Å². The van der Waals surface area contributed by atoms with E-state index in [4.69, 9.17) is 9.72 Å². The van der Waals surface area contributed by atoms with Crippen molar-refractivity contribution in [3.05, 3.63) is 85.9 Å². The van der Waals surface area contributed by atoms with Gasteiger partial charge in [0.25, 0.3) is 11.5 Å². The highest BCUT2D eigenvalue weighted by molar-refractivity contribution is 7.15. The number of nitrogens with zero attached hydrogens (tertiary/aromatic N) is 7. The molecule has 0 atom stereocenters. The van der Waals surface area contributed by atoms with Gasteiger partial charge in [-0.15, -0.1) is 11.3 Å². The van der Waals surface area contributed by atoms with Crippen LogP contribution in [-0.4, -0.2) is 92.9 Å². The molecule has 3 N–H and O–H groups in total. The van der Waals surface area contributed by atoms with Crippen LogP contribution in [0.25, 0.3) is 11.0 Å². The van der Waals surface area contributed by atoms with Crippen LogP contribution in [0.5, 0.6) is 0 Å². The van der Waals surface area contributed by atoms with E-state index in [2.05, 4.69) is 35.8 Å². The quantitative estimate of drug-likeness (QED) is 0.0838. The first-order chi connectivity index (χ1) is 28.0. The molecule has 1 aromatic carbocycles. The van der Waals surface area contributed by atoms with Crippen LogP contribution in [-0.2, 0) is 9.53 Å². The van der Waals surface area contributed by atoms with E-state index < -0.39 is 0 Å². The number of aromatic nitrogens is 5. The van der Waals surface area contributed by atoms with Gasteiger partial charge in [-0.1, -0.05) is 18.9 Å². The number of amides is 2. The van der Waals surface area contributed by atoms with Crippen LogP contribution in [0.15, 0.2) is 47.5 Å². The molecule has 4 aromatic heterocycles. The first-order valence-electron chi connectivity index (χ1n) is 19.8. The number of fused-ring (bicyclic) bond motifs is 1. The molecule has 2 amide bonds. The van der Waals surface area contributed by atoms with E-state index in [1.54, 1.807) is 30.0 Å². The van der Waals surface area contributed by atoms with Crippen molar-refractivity contribution < 1.29 is 19.1 Å². The Labute approximate surface area is 341 Å². The third kappa shape index (κ3) is 8.87. The number of nitrogens with one attached hydrogen (secondary N) is 3. The minimum absolute atomic E-state index is 0.00158. The van der Waals surface area contributed by atoms with E-state index in [0.717, 1.165) is 53.2 Å². The highest BCUT2D eigenvalue weighted by Gasteiger charge is 2.26. The third-order valence-corrected chi connectivity index (χ3v) is 12.1. The lowest BCUT2D eigenvalue weighted by atomic mass is 10.0. The molecule has 7 rings (SSSR count). The van der Waals surface area contributed by atoms with E-state index in [1.807, 2.05) is 49.9 Å². The smallest absolute Gasteiger partial charge is 0.263 e. The molecule has 304 valence electrons. The largest absolute Gasteiger partial charge is 0.382 e. The maximum absolute atomic E-state index is 13.5. The van der Waals surface area contributed by atoms with Crippen molar-refractivity contribution in [2.24, 2.45) is 0 Å². The zero-order chi connectivity index (χ0) is 40.9. The number of piperazine rings is 1. The van der Waals surface area contributed by atoms with Gasteiger partial charge in [-0.05, 0) is 82.9 Å². The van der Waals surface area contributed by atoms with Crippen molar-refractivity contribution in [2.75, 3.05) is 66.8 Å². The van der Waals surface area contributed by atoms with Gasteiger partial charge in [0.15, 0.2) is 10.9 Å². The Morgan fingerprint density at radius 2 is 1.69 bits per heavy atom. The van der Waals surface area contributed by atoms with E-state index in [9.17, 15) is 19.2 Å². The first-order valence-corrected chi connectivity index (χ1v) is 20.6. The van der Waals surface area contributed by atoms with Crippen LogP contribution in [0, 0.1) is 27.7 Å². The van der Waals surface area contributed by atoms with E-state index >= 15 is 0 Å². The van der Waals surface area contributed by atoms with Gasteiger partial charge in [-0.2, -0.15) is 4.98 Å². The standard InChI is InChI=1S/C42H50N10O5S/c1-25-32(39(55)49-42-46-27(3)29(5)58-42)11-8-12-34(25)43-16-22-57-21-15-36(54)51-19-17-50(18-20-51)31-13-14-35(44-23-31)47-41-45-24-33-26(2)37(28(4)53)40(56)52(38(33)48-41)30-9-6-7-10-30/h8,11-14,23-24,30,43H,6-7,9-10,15-22H2,1-5H3,(H,46,49,55)(H,44,45,47,48). The number of rotatable bonds is 14. The zero-order valence-corrected chi connectivity index (χ0v) is 34.5. The van der Waals surface area contributed by atoms with Gasteiger partial charge in [0, 0.05) is 66.5 Å². The summed E-state index contributed by atoms with van der Waals surface area (Å²) in [4.78, 5) is 75.3. The Bertz CT molecular complexity index is 2360. The number of carbonyl (C=O) groups excluding carboxylic acids is 3. The van der Waals surface area contributed by atoms with Crippen LogP contribution in [0.2, 0.25) is 0 Å². The second-order valence-electron chi connectivity index (χ2n) is 14.9. The summed E-state index contributed by atoms with van der Waals surface area (Å²) in [7, 11) is 0. The summed E-state index contributed by atoms with van der Waals surface area (Å²) in [6.45, 7) is 12.9. The first kappa shape index (κ1) is 40.5. The number of anilines is 5. The highest BCUT2D eigenvalue weighted by Crippen LogP contribution is 2.32. The normalized spacial score (nSPS) is 14.6. The van der Waals surface area contributed by atoms with Gasteiger partial charge < -0.3 is 25.2 Å². The molecule has 2 aliphatic rings. The fourth-order valence-corrected chi connectivity index (χ4v) is 8.54. The number of hydrogen-bond acceptors (Lipinski definition) is 13. The number of hydrogen-bond donors (Lipinski definition) is 3. The molecule has 0 unspecified atom stereocenters. The number of ketones is 1. The SMILES string of the molecule is CC(=O)c1c(C)c2cnc(Nc3ccc(N4CCN(C(=O)CCOCCNc5cccc(C(=O)Nc6nc(C)c(C)s6)c5C)CC4)cn3)nc2n(C2CCCC2)c1=O. The molecular weight excluding hydrogens is 757 g/mol. The summed E-state index contributed by atoms with van der Waals surface area (Å²) in [5, 5.41) is 10.7. The Kier molecular flexibility index (Phi) is 12.4. The average Bonchev–Trinajstić information content (AvgIpc) is 3.85. The van der Waals surface area contributed by atoms with Crippen molar-refractivity contribution in [2.45, 2.75) is 72.8 Å². The summed E-state index contributed by atoms with van der Waals surface area (Å²) >= 11 is 1.46. The predicted octanol–water partition coefficient (Wildman–Crippen LogP) is 6.36. The van der Waals surface area contributed by atoms with Gasteiger partial charge in [0.05, 0.1) is 42.8 Å². The van der Waals surface area contributed by atoms with Gasteiger partial charge in [0.2, 0.25) is 11.9 Å². The Morgan fingerprint density at radius 3 is 2.38 bits per heavy atom. The topological polar surface area (TPSA) is 177 Å². The molecular formula is C42H50N10O5S. The molecule has 0 bridgehead atoms. The number of Topliss-reactive ketones (excluding diaryl/α,β-unsaturated/α-hetero) is 1. The Morgan fingerprint density at radius 1 is 0.914 bits per heavy atom. The van der Waals surface area contributed by atoms with E-state index in [0.29, 0.717) is 91.4 Å². The second-order valence-corrected chi connectivity index (χ2v) is 16.1. The Balaban J connectivity index is 0.854. The number of carbonyl (C=O) groups is 3. The number of pyridine rings is 2. The monoisotopic (exact) mass is 806 g/mol. The number of benzene rings is 1. The molecule has 1 saturated heterocycles.